The fraction of sp³-hybridized carbons (Fsp3) is 0.425. The van der Waals surface area contributed by atoms with Crippen molar-refractivity contribution in [2.75, 3.05) is 76.3 Å². The molecule has 0 aliphatic carbocycles. The summed E-state index contributed by atoms with van der Waals surface area (Å²) in [6.45, 7) is 12.4. The van der Waals surface area contributed by atoms with Gasteiger partial charge in [0.2, 0.25) is 12.5 Å². The second-order valence-electron chi connectivity index (χ2n) is 14.0. The molecule has 0 spiro atoms. The lowest BCUT2D eigenvalue weighted by Gasteiger charge is -2.40. The molecule has 0 saturated carbocycles. The van der Waals surface area contributed by atoms with Crippen molar-refractivity contribution in [2.24, 2.45) is 0 Å². The van der Waals surface area contributed by atoms with Gasteiger partial charge in [-0.1, -0.05) is 66.7 Å². The van der Waals surface area contributed by atoms with Crippen LogP contribution in [-0.4, -0.2) is 115 Å². The topological polar surface area (TPSA) is 98.9 Å². The summed E-state index contributed by atoms with van der Waals surface area (Å²) in [7, 11) is 3.56. The molecule has 0 bridgehead atoms. The number of rotatable bonds is 10. The van der Waals surface area contributed by atoms with Gasteiger partial charge in [0.15, 0.2) is 0 Å². The average Bonchev–Trinajstić information content (AvgIpc) is 3.62. The van der Waals surface area contributed by atoms with Crippen molar-refractivity contribution >= 4 is 34.3 Å². The van der Waals surface area contributed by atoms with E-state index in [1.54, 1.807) is 23.9 Å². The number of piperazine rings is 1. The van der Waals surface area contributed by atoms with Crippen LogP contribution in [0.4, 0.5) is 16.3 Å². The van der Waals surface area contributed by atoms with Crippen LogP contribution in [0, 0.1) is 6.57 Å². The Labute approximate surface area is 305 Å². The summed E-state index contributed by atoms with van der Waals surface area (Å²) in [4.78, 5) is 49.7. The molecule has 12 heteroatoms. The van der Waals surface area contributed by atoms with E-state index < -0.39 is 6.09 Å². The van der Waals surface area contributed by atoms with E-state index in [9.17, 15) is 9.59 Å². The van der Waals surface area contributed by atoms with Crippen LogP contribution < -0.4 is 14.5 Å². The summed E-state index contributed by atoms with van der Waals surface area (Å²) in [5.74, 6) is 0.876. The quantitative estimate of drug-likeness (QED) is 0.215. The van der Waals surface area contributed by atoms with Crippen LogP contribution in [-0.2, 0) is 29.1 Å². The number of anilines is 2. The average molecular weight is 703 g/mol. The molecule has 1 unspecified atom stereocenters. The SMILES string of the molecule is [C-]#[N+]CC1CN(c2nc(OC[C@@H]3CCCN3CC(=O)N(C)C)nc3c2CCN(c2cccc4ccccc24)C3)CCN1C(=O)OCc1ccccc1. The Kier molecular flexibility index (Phi) is 10.7. The highest BCUT2D eigenvalue weighted by Gasteiger charge is 2.37. The predicted octanol–water partition coefficient (Wildman–Crippen LogP) is 4.87. The number of carbonyl (C=O) groups is 2. The molecule has 2 atom stereocenters. The van der Waals surface area contributed by atoms with Crippen molar-refractivity contribution in [3.8, 4) is 6.01 Å². The van der Waals surface area contributed by atoms with E-state index in [-0.39, 0.29) is 31.1 Å². The molecule has 2 saturated heterocycles. The third-order valence-electron chi connectivity index (χ3n) is 10.4. The Balaban J connectivity index is 1.14. The van der Waals surface area contributed by atoms with Gasteiger partial charge in [0.1, 0.15) is 25.1 Å². The number of hydrogen-bond donors (Lipinski definition) is 0. The van der Waals surface area contributed by atoms with Gasteiger partial charge in [0.25, 0.3) is 0 Å². The largest absolute Gasteiger partial charge is 0.462 e. The zero-order valence-electron chi connectivity index (χ0n) is 30.0. The highest BCUT2D eigenvalue weighted by Crippen LogP contribution is 2.35. The summed E-state index contributed by atoms with van der Waals surface area (Å²) in [5, 5.41) is 2.39. The van der Waals surface area contributed by atoms with Gasteiger partial charge in [0, 0.05) is 63.0 Å². The third-order valence-corrected chi connectivity index (χ3v) is 10.4. The van der Waals surface area contributed by atoms with E-state index in [0.717, 1.165) is 55.0 Å². The lowest BCUT2D eigenvalue weighted by molar-refractivity contribution is -0.130. The van der Waals surface area contributed by atoms with Gasteiger partial charge in [-0.2, -0.15) is 9.97 Å². The fourth-order valence-electron chi connectivity index (χ4n) is 7.53. The zero-order chi connectivity index (χ0) is 36.0. The molecule has 3 aliphatic rings. The monoisotopic (exact) mass is 702 g/mol. The number of amides is 2. The van der Waals surface area contributed by atoms with Gasteiger partial charge < -0.3 is 29.0 Å². The third kappa shape index (κ3) is 7.75. The molecule has 52 heavy (non-hydrogen) atoms. The van der Waals surface area contributed by atoms with Crippen molar-refractivity contribution in [1.82, 2.24) is 24.7 Å². The number of benzene rings is 3. The molecule has 12 nitrogen and oxygen atoms in total. The number of fused-ring (bicyclic) bond motifs is 2. The molecule has 0 N–H and O–H groups in total. The summed E-state index contributed by atoms with van der Waals surface area (Å²) in [5.41, 5.74) is 4.07. The smallest absolute Gasteiger partial charge is 0.410 e. The lowest BCUT2D eigenvalue weighted by atomic mass is 10.0. The number of nitrogens with zero attached hydrogens (tertiary/aromatic N) is 8. The molecule has 4 aromatic rings. The number of hydrogen-bond acceptors (Lipinski definition) is 9. The second-order valence-corrected chi connectivity index (χ2v) is 14.0. The Hall–Kier alpha value is -5.41. The van der Waals surface area contributed by atoms with Crippen molar-refractivity contribution in [2.45, 2.75) is 44.5 Å². The maximum absolute atomic E-state index is 13.3. The predicted molar refractivity (Wildman–Crippen MR) is 200 cm³/mol. The number of likely N-dealkylation sites (tertiary alicyclic amines) is 1. The van der Waals surface area contributed by atoms with Crippen LogP contribution in [0.2, 0.25) is 0 Å². The Morgan fingerprint density at radius 1 is 0.923 bits per heavy atom. The van der Waals surface area contributed by atoms with E-state index in [1.807, 2.05) is 30.3 Å². The summed E-state index contributed by atoms with van der Waals surface area (Å²) >= 11 is 0. The van der Waals surface area contributed by atoms with Crippen molar-refractivity contribution in [3.63, 3.8) is 0 Å². The van der Waals surface area contributed by atoms with Gasteiger partial charge in [0.05, 0.1) is 18.8 Å². The number of carbonyl (C=O) groups excluding carboxylic acids is 2. The lowest BCUT2D eigenvalue weighted by Crippen LogP contribution is -2.57. The molecule has 7 rings (SSSR count). The van der Waals surface area contributed by atoms with Crippen LogP contribution in [0.1, 0.15) is 29.7 Å². The normalized spacial score (nSPS) is 18.9. The molecular weight excluding hydrogens is 656 g/mol. The minimum absolute atomic E-state index is 0.0739. The van der Waals surface area contributed by atoms with Crippen molar-refractivity contribution in [1.29, 1.82) is 0 Å². The molecule has 3 aromatic carbocycles. The first kappa shape index (κ1) is 35.0. The maximum Gasteiger partial charge on any atom is 0.410 e. The summed E-state index contributed by atoms with van der Waals surface area (Å²) in [6.07, 6.45) is 2.27. The van der Waals surface area contributed by atoms with E-state index in [1.165, 1.54) is 16.5 Å². The second kappa shape index (κ2) is 15.9. The van der Waals surface area contributed by atoms with Gasteiger partial charge in [-0.25, -0.2) is 11.4 Å². The first-order valence-electron chi connectivity index (χ1n) is 18.1. The Morgan fingerprint density at radius 2 is 1.73 bits per heavy atom. The summed E-state index contributed by atoms with van der Waals surface area (Å²) < 4.78 is 12.1. The molecular formula is C40H46N8O4. The van der Waals surface area contributed by atoms with Crippen LogP contribution in [0.5, 0.6) is 6.01 Å². The zero-order valence-corrected chi connectivity index (χ0v) is 30.0. The van der Waals surface area contributed by atoms with Crippen molar-refractivity contribution < 1.29 is 19.1 Å². The number of ether oxygens (including phenoxy) is 2. The first-order chi connectivity index (χ1) is 25.4. The van der Waals surface area contributed by atoms with Gasteiger partial charge >= 0.3 is 12.1 Å². The van der Waals surface area contributed by atoms with Crippen LogP contribution in [0.3, 0.4) is 0 Å². The van der Waals surface area contributed by atoms with E-state index in [4.69, 9.17) is 26.0 Å². The molecule has 3 aliphatic heterocycles. The van der Waals surface area contributed by atoms with Gasteiger partial charge in [-0.05, 0) is 42.8 Å². The van der Waals surface area contributed by atoms with E-state index in [0.29, 0.717) is 45.3 Å². The van der Waals surface area contributed by atoms with E-state index in [2.05, 4.69) is 62.0 Å². The maximum atomic E-state index is 13.3. The molecule has 270 valence electrons. The first-order valence-corrected chi connectivity index (χ1v) is 18.1. The molecule has 0 radical (unpaired) electrons. The number of aromatic nitrogens is 2. The van der Waals surface area contributed by atoms with Crippen LogP contribution in [0.15, 0.2) is 72.8 Å². The molecule has 2 amide bonds. The van der Waals surface area contributed by atoms with Crippen molar-refractivity contribution in [3.05, 3.63) is 101 Å². The van der Waals surface area contributed by atoms with Crippen LogP contribution in [0.25, 0.3) is 15.6 Å². The standard InChI is InChI=1S/C40H46N8O4/c1-41-23-32-24-47(21-22-48(32)40(50)52-27-29-11-5-4-6-12-29)38-34-18-20-46(36-17-9-14-30-13-7-8-16-33(30)36)25-35(34)42-39(43-38)51-28-31-15-10-19-45(31)26-37(49)44(2)3/h4-9,11-14,16-17,31-32H,10,15,18-28H2,2-3H3/t31-,32?/m0/s1. The molecule has 4 heterocycles. The fourth-order valence-corrected chi connectivity index (χ4v) is 7.53. The number of likely N-dealkylation sites (N-methyl/N-ethyl adjacent to an activating group) is 1. The van der Waals surface area contributed by atoms with Gasteiger partial charge in [-0.15, -0.1) is 0 Å². The highest BCUT2D eigenvalue weighted by molar-refractivity contribution is 5.94. The van der Waals surface area contributed by atoms with Gasteiger partial charge in [-0.3, -0.25) is 14.6 Å². The minimum atomic E-state index is -0.412. The summed E-state index contributed by atoms with van der Waals surface area (Å²) in [6, 6.07) is 24.5. The molecule has 2 fully saturated rings. The van der Waals surface area contributed by atoms with E-state index >= 15 is 0 Å². The van der Waals surface area contributed by atoms with Crippen LogP contribution >= 0.6 is 0 Å². The Bertz CT molecular complexity index is 1930. The Morgan fingerprint density at radius 3 is 2.56 bits per heavy atom. The minimum Gasteiger partial charge on any atom is -0.462 e. The molecule has 1 aromatic heterocycles. The highest BCUT2D eigenvalue weighted by atomic mass is 16.6.